The van der Waals surface area contributed by atoms with Crippen LogP contribution in [0.4, 0.5) is 0 Å². The van der Waals surface area contributed by atoms with E-state index in [-0.39, 0.29) is 0 Å². The molecule has 1 aromatic heterocycles. The number of benzene rings is 1. The van der Waals surface area contributed by atoms with Crippen molar-refractivity contribution in [1.29, 1.82) is 0 Å². The van der Waals surface area contributed by atoms with Crippen molar-refractivity contribution in [3.63, 3.8) is 0 Å². The summed E-state index contributed by atoms with van der Waals surface area (Å²) in [5.41, 5.74) is 1.77. The van der Waals surface area contributed by atoms with Crippen LogP contribution in [0, 0.1) is 0 Å². The van der Waals surface area contributed by atoms with E-state index in [9.17, 15) is 5.11 Å². The van der Waals surface area contributed by atoms with Crippen LogP contribution in [0.2, 0.25) is 0 Å². The smallest absolute Gasteiger partial charge is 0.0690 e. The van der Waals surface area contributed by atoms with Gasteiger partial charge in [-0.15, -0.1) is 0 Å². The van der Waals surface area contributed by atoms with Gasteiger partial charge in [0.1, 0.15) is 0 Å². The lowest BCUT2D eigenvalue weighted by molar-refractivity contribution is 0.151. The van der Waals surface area contributed by atoms with Crippen molar-refractivity contribution in [2.24, 2.45) is 0 Å². The van der Waals surface area contributed by atoms with Crippen LogP contribution in [0.3, 0.4) is 0 Å². The van der Waals surface area contributed by atoms with Gasteiger partial charge in [0.2, 0.25) is 0 Å². The Hall–Kier alpha value is -1.61. The molecule has 0 aliphatic heterocycles. The van der Waals surface area contributed by atoms with E-state index in [0.29, 0.717) is 0 Å². The van der Waals surface area contributed by atoms with E-state index in [2.05, 4.69) is 11.2 Å². The van der Waals surface area contributed by atoms with Crippen molar-refractivity contribution < 1.29 is 5.11 Å². The first-order valence-corrected chi connectivity index (χ1v) is 5.57. The normalized spacial score (nSPS) is 17.3. The number of rotatable bonds is 3. The van der Waals surface area contributed by atoms with Crippen LogP contribution in [0.5, 0.6) is 0 Å². The van der Waals surface area contributed by atoms with Crippen LogP contribution < -0.4 is 0 Å². The third-order valence-electron chi connectivity index (χ3n) is 3.09. The zero-order chi connectivity index (χ0) is 11.0. The van der Waals surface area contributed by atoms with Crippen molar-refractivity contribution in [2.45, 2.75) is 24.9 Å². The van der Waals surface area contributed by atoms with Crippen molar-refractivity contribution in [1.82, 2.24) is 9.78 Å². The molecule has 1 saturated carbocycles. The predicted molar refractivity (Wildman–Crippen MR) is 61.5 cm³/mol. The Morgan fingerprint density at radius 3 is 2.75 bits per heavy atom. The minimum atomic E-state index is -0.455. The number of para-hydroxylation sites is 1. The van der Waals surface area contributed by atoms with Crippen molar-refractivity contribution in [3.8, 4) is 5.69 Å². The van der Waals surface area contributed by atoms with E-state index < -0.39 is 5.60 Å². The fourth-order valence-corrected chi connectivity index (χ4v) is 1.97. The molecule has 82 valence electrons. The van der Waals surface area contributed by atoms with E-state index in [0.717, 1.165) is 30.5 Å². The third kappa shape index (κ3) is 1.74. The van der Waals surface area contributed by atoms with Gasteiger partial charge in [-0.3, -0.25) is 0 Å². The highest BCUT2D eigenvalue weighted by molar-refractivity contribution is 5.41. The Bertz CT molecular complexity index is 486. The molecule has 1 fully saturated rings. The summed E-state index contributed by atoms with van der Waals surface area (Å²) in [6, 6.07) is 10.0. The molecule has 3 heteroatoms. The molecular formula is C13H14N2O. The van der Waals surface area contributed by atoms with Crippen LogP contribution in [-0.4, -0.2) is 20.5 Å². The molecule has 1 aliphatic carbocycles. The minimum absolute atomic E-state index is 0.455. The lowest BCUT2D eigenvalue weighted by Crippen LogP contribution is -2.13. The Labute approximate surface area is 94.3 Å². The van der Waals surface area contributed by atoms with Gasteiger partial charge in [-0.2, -0.15) is 5.10 Å². The lowest BCUT2D eigenvalue weighted by atomic mass is 10.0. The molecule has 0 saturated heterocycles. The van der Waals surface area contributed by atoms with Gasteiger partial charge in [-0.1, -0.05) is 18.2 Å². The molecule has 3 rings (SSSR count). The maximum atomic E-state index is 9.97. The fourth-order valence-electron chi connectivity index (χ4n) is 1.97. The molecular weight excluding hydrogens is 200 g/mol. The molecule has 2 aromatic rings. The summed E-state index contributed by atoms with van der Waals surface area (Å²) in [7, 11) is 0. The summed E-state index contributed by atoms with van der Waals surface area (Å²) >= 11 is 0. The molecule has 0 atom stereocenters. The van der Waals surface area contributed by atoms with Gasteiger partial charge >= 0.3 is 0 Å². The molecule has 0 bridgehead atoms. The molecule has 1 aliphatic rings. The Balaban J connectivity index is 1.98. The van der Waals surface area contributed by atoms with E-state index in [4.69, 9.17) is 0 Å². The van der Waals surface area contributed by atoms with Crippen LogP contribution in [0.25, 0.3) is 5.69 Å². The first-order valence-electron chi connectivity index (χ1n) is 5.57. The second-order valence-corrected chi connectivity index (χ2v) is 4.48. The van der Waals surface area contributed by atoms with Gasteiger partial charge in [0.15, 0.2) is 0 Å². The standard InChI is InChI=1S/C13H14N2O/c16-13(6-7-13)10-11-4-1-2-5-12(11)15-9-3-8-14-15/h1-5,8-9,16H,6-7,10H2. The predicted octanol–water partition coefficient (Wildman–Crippen LogP) is 1.94. The average molecular weight is 214 g/mol. The highest BCUT2D eigenvalue weighted by Gasteiger charge is 2.40. The molecule has 0 radical (unpaired) electrons. The Morgan fingerprint density at radius 1 is 1.25 bits per heavy atom. The third-order valence-corrected chi connectivity index (χ3v) is 3.09. The highest BCUT2D eigenvalue weighted by atomic mass is 16.3. The number of hydrogen-bond acceptors (Lipinski definition) is 2. The maximum absolute atomic E-state index is 9.97. The summed E-state index contributed by atoms with van der Waals surface area (Å²) in [5.74, 6) is 0. The number of aromatic nitrogens is 2. The second kappa shape index (κ2) is 3.46. The molecule has 3 nitrogen and oxygen atoms in total. The van der Waals surface area contributed by atoms with E-state index in [1.165, 1.54) is 0 Å². The summed E-state index contributed by atoms with van der Waals surface area (Å²) in [6.45, 7) is 0. The van der Waals surface area contributed by atoms with Gasteiger partial charge in [0, 0.05) is 18.8 Å². The Kier molecular flexibility index (Phi) is 2.07. The number of aliphatic hydroxyl groups is 1. The van der Waals surface area contributed by atoms with Gasteiger partial charge in [-0.05, 0) is 30.5 Å². The van der Waals surface area contributed by atoms with Gasteiger partial charge in [0.05, 0.1) is 11.3 Å². The maximum Gasteiger partial charge on any atom is 0.0690 e. The Morgan fingerprint density at radius 2 is 2.06 bits per heavy atom. The first-order chi connectivity index (χ1) is 7.77. The lowest BCUT2D eigenvalue weighted by Gasteiger charge is -2.12. The topological polar surface area (TPSA) is 38.0 Å². The van der Waals surface area contributed by atoms with Crippen molar-refractivity contribution in [3.05, 3.63) is 48.3 Å². The van der Waals surface area contributed by atoms with E-state index >= 15 is 0 Å². The van der Waals surface area contributed by atoms with Crippen LogP contribution in [-0.2, 0) is 6.42 Å². The summed E-state index contributed by atoms with van der Waals surface area (Å²) in [4.78, 5) is 0. The van der Waals surface area contributed by atoms with Crippen molar-refractivity contribution >= 4 is 0 Å². The number of nitrogens with zero attached hydrogens (tertiary/aromatic N) is 2. The highest BCUT2D eigenvalue weighted by Crippen LogP contribution is 2.39. The summed E-state index contributed by atoms with van der Waals surface area (Å²) in [5, 5.41) is 14.2. The molecule has 0 unspecified atom stereocenters. The molecule has 0 amide bonds. The number of hydrogen-bond donors (Lipinski definition) is 1. The summed E-state index contributed by atoms with van der Waals surface area (Å²) in [6.07, 6.45) is 6.25. The van der Waals surface area contributed by atoms with E-state index in [1.54, 1.807) is 6.20 Å². The van der Waals surface area contributed by atoms with Gasteiger partial charge < -0.3 is 5.11 Å². The average Bonchev–Trinajstić information content (AvgIpc) is 2.83. The molecule has 1 heterocycles. The van der Waals surface area contributed by atoms with Crippen LogP contribution in [0.1, 0.15) is 18.4 Å². The van der Waals surface area contributed by atoms with Crippen LogP contribution >= 0.6 is 0 Å². The van der Waals surface area contributed by atoms with E-state index in [1.807, 2.05) is 35.1 Å². The molecule has 1 N–H and O–H groups in total. The fraction of sp³-hybridized carbons (Fsp3) is 0.308. The van der Waals surface area contributed by atoms with Gasteiger partial charge in [0.25, 0.3) is 0 Å². The second-order valence-electron chi connectivity index (χ2n) is 4.48. The summed E-state index contributed by atoms with van der Waals surface area (Å²) < 4.78 is 1.85. The zero-order valence-corrected chi connectivity index (χ0v) is 9.00. The monoisotopic (exact) mass is 214 g/mol. The molecule has 16 heavy (non-hydrogen) atoms. The first kappa shape index (κ1) is 9.60. The molecule has 1 aromatic carbocycles. The van der Waals surface area contributed by atoms with Gasteiger partial charge in [-0.25, -0.2) is 4.68 Å². The minimum Gasteiger partial charge on any atom is -0.390 e. The molecule has 0 spiro atoms. The van der Waals surface area contributed by atoms with Crippen molar-refractivity contribution in [2.75, 3.05) is 0 Å². The largest absolute Gasteiger partial charge is 0.390 e. The zero-order valence-electron chi connectivity index (χ0n) is 9.00. The van der Waals surface area contributed by atoms with Crippen LogP contribution in [0.15, 0.2) is 42.7 Å². The quantitative estimate of drug-likeness (QED) is 0.848. The SMILES string of the molecule is OC1(Cc2ccccc2-n2cccn2)CC1.